The van der Waals surface area contributed by atoms with Crippen molar-refractivity contribution in [2.75, 3.05) is 33.2 Å². The predicted molar refractivity (Wildman–Crippen MR) is 188 cm³/mol. The summed E-state index contributed by atoms with van der Waals surface area (Å²) in [5.74, 6) is -3.69. The number of nitrogens with one attached hydrogen (secondary N) is 7. The fourth-order valence-corrected chi connectivity index (χ4v) is 4.52. The van der Waals surface area contributed by atoms with Crippen molar-refractivity contribution in [3.05, 3.63) is 48.2 Å². The third kappa shape index (κ3) is 18.3. The Morgan fingerprint density at radius 2 is 1.36 bits per heavy atom. The molecule has 0 heterocycles. The number of allylic oxidation sites excluding steroid dienone is 1. The number of hydrogen-bond acceptors (Lipinski definition) is 10. The Balaban J connectivity index is 3.23. The van der Waals surface area contributed by atoms with E-state index in [4.69, 9.17) is 11.5 Å². The molecule has 0 saturated carbocycles. The minimum atomic E-state index is -1.20. The van der Waals surface area contributed by atoms with Crippen molar-refractivity contribution >= 4 is 47.1 Å². The van der Waals surface area contributed by atoms with Gasteiger partial charge in [0.25, 0.3) is 0 Å². The SMILES string of the molecule is C=C(C)NCC(=O)N[C@@H](CCNC(=O)C[C@H](NC)C(C)=O)C(=O)N[C@@H](CCCN=C(N)N)C(=O)N[C@@H](Cc1ccccc1)C(=O)NCC(C)=O. The standard InChI is InChI=1S/C33H52N10O7/c1-20(2)39-19-29(47)41-25(13-15-37-28(46)17-26(36-5)22(4)45)32(50)42-24(12-9-14-38-33(34)35)31(49)43-27(30(48)40-18-21(3)44)16-23-10-7-6-8-11-23/h6-8,10-11,24-27,36,39H,1,9,12-19H2,2-5H3,(H,37,46)(H,40,48)(H,41,47)(H,42,50)(H,43,49)(H4,34,35,38)/t24-,25-,26-,27-/m0/s1. The van der Waals surface area contributed by atoms with Crippen LogP contribution in [0, 0.1) is 0 Å². The van der Waals surface area contributed by atoms with Crippen molar-refractivity contribution in [1.82, 2.24) is 37.2 Å². The van der Waals surface area contributed by atoms with E-state index in [-0.39, 0.29) is 75.8 Å². The average molecular weight is 701 g/mol. The van der Waals surface area contributed by atoms with Gasteiger partial charge in [0, 0.05) is 31.6 Å². The maximum Gasteiger partial charge on any atom is 0.243 e. The molecule has 0 aliphatic carbocycles. The number of benzene rings is 1. The lowest BCUT2D eigenvalue weighted by Gasteiger charge is -2.25. The van der Waals surface area contributed by atoms with Gasteiger partial charge in [0.15, 0.2) is 5.96 Å². The smallest absolute Gasteiger partial charge is 0.243 e. The van der Waals surface area contributed by atoms with Crippen LogP contribution in [0.2, 0.25) is 0 Å². The van der Waals surface area contributed by atoms with Crippen LogP contribution in [-0.4, -0.2) is 104 Å². The number of nitrogens with two attached hydrogens (primary N) is 2. The van der Waals surface area contributed by atoms with Gasteiger partial charge < -0.3 is 48.7 Å². The Morgan fingerprint density at radius 3 is 1.92 bits per heavy atom. The molecule has 5 amide bonds. The fourth-order valence-electron chi connectivity index (χ4n) is 4.52. The third-order valence-corrected chi connectivity index (χ3v) is 7.19. The first kappa shape index (κ1) is 42.7. The molecule has 1 rings (SSSR count). The van der Waals surface area contributed by atoms with Gasteiger partial charge in [0.2, 0.25) is 29.5 Å². The van der Waals surface area contributed by atoms with Gasteiger partial charge in [0.1, 0.15) is 29.7 Å². The van der Waals surface area contributed by atoms with Crippen molar-refractivity contribution in [2.24, 2.45) is 16.5 Å². The summed E-state index contributed by atoms with van der Waals surface area (Å²) in [6.45, 7) is 7.68. The van der Waals surface area contributed by atoms with Crippen molar-refractivity contribution in [3.63, 3.8) is 0 Å². The molecule has 0 aliphatic heterocycles. The van der Waals surface area contributed by atoms with Gasteiger partial charge in [0.05, 0.1) is 19.1 Å². The topological polar surface area (TPSA) is 268 Å². The normalized spacial score (nSPS) is 12.9. The van der Waals surface area contributed by atoms with Crippen molar-refractivity contribution < 1.29 is 33.6 Å². The molecule has 50 heavy (non-hydrogen) atoms. The molecule has 0 radical (unpaired) electrons. The first-order chi connectivity index (χ1) is 23.6. The summed E-state index contributed by atoms with van der Waals surface area (Å²) in [6, 6.07) is 4.72. The van der Waals surface area contributed by atoms with E-state index in [2.05, 4.69) is 48.8 Å². The molecule has 11 N–H and O–H groups in total. The average Bonchev–Trinajstić information content (AvgIpc) is 3.05. The molecule has 0 fully saturated rings. The number of ketones is 2. The number of nitrogens with zero attached hydrogens (tertiary/aromatic N) is 1. The molecule has 0 spiro atoms. The van der Waals surface area contributed by atoms with Gasteiger partial charge in [-0.2, -0.15) is 0 Å². The third-order valence-electron chi connectivity index (χ3n) is 7.19. The number of likely N-dealkylation sites (N-methyl/N-ethyl adjacent to an activating group) is 1. The molecule has 0 aliphatic rings. The quantitative estimate of drug-likeness (QED) is 0.0313. The number of carbonyl (C=O) groups excluding carboxylic acids is 7. The van der Waals surface area contributed by atoms with Gasteiger partial charge in [-0.1, -0.05) is 36.9 Å². The van der Waals surface area contributed by atoms with Crippen molar-refractivity contribution in [1.29, 1.82) is 0 Å². The number of rotatable bonds is 24. The van der Waals surface area contributed by atoms with Crippen molar-refractivity contribution in [2.45, 2.75) is 77.0 Å². The van der Waals surface area contributed by atoms with Gasteiger partial charge >= 0.3 is 0 Å². The minimum absolute atomic E-state index is 0.0454. The maximum atomic E-state index is 13.7. The summed E-state index contributed by atoms with van der Waals surface area (Å²) in [4.78, 5) is 92.8. The van der Waals surface area contributed by atoms with Crippen LogP contribution in [0.3, 0.4) is 0 Å². The summed E-state index contributed by atoms with van der Waals surface area (Å²) in [7, 11) is 1.56. The van der Waals surface area contributed by atoms with Crippen LogP contribution in [0.5, 0.6) is 0 Å². The highest BCUT2D eigenvalue weighted by Crippen LogP contribution is 2.07. The van der Waals surface area contributed by atoms with Crippen LogP contribution in [0.1, 0.15) is 52.0 Å². The number of aliphatic imine (C=N–C) groups is 1. The van der Waals surface area contributed by atoms with E-state index in [0.717, 1.165) is 5.56 Å². The van der Waals surface area contributed by atoms with Crippen molar-refractivity contribution in [3.8, 4) is 0 Å². The van der Waals surface area contributed by atoms with E-state index in [0.29, 0.717) is 5.70 Å². The number of hydrogen-bond donors (Lipinski definition) is 9. The van der Waals surface area contributed by atoms with Crippen LogP contribution in [0.25, 0.3) is 0 Å². The van der Waals surface area contributed by atoms with E-state index >= 15 is 0 Å². The highest BCUT2D eigenvalue weighted by Gasteiger charge is 2.30. The molecule has 4 atom stereocenters. The molecular weight excluding hydrogens is 648 g/mol. The van der Waals surface area contributed by atoms with Gasteiger partial charge in [-0.25, -0.2) is 0 Å². The number of carbonyl (C=O) groups is 7. The number of amides is 5. The van der Waals surface area contributed by atoms with Gasteiger partial charge in [-0.3, -0.25) is 38.6 Å². The zero-order valence-corrected chi connectivity index (χ0v) is 29.2. The Bertz CT molecular complexity index is 1370. The van der Waals surface area contributed by atoms with Gasteiger partial charge in [-0.15, -0.1) is 0 Å². The van der Waals surface area contributed by atoms with Crippen LogP contribution >= 0.6 is 0 Å². The molecule has 276 valence electrons. The monoisotopic (exact) mass is 700 g/mol. The molecule has 1 aromatic carbocycles. The molecule has 17 heteroatoms. The molecule has 17 nitrogen and oxygen atoms in total. The lowest BCUT2D eigenvalue weighted by molar-refractivity contribution is -0.134. The van der Waals surface area contributed by atoms with Crippen LogP contribution in [-0.2, 0) is 40.0 Å². The second-order valence-electron chi connectivity index (χ2n) is 11.7. The lowest BCUT2D eigenvalue weighted by atomic mass is 10.0. The van der Waals surface area contributed by atoms with Crippen LogP contribution < -0.4 is 48.7 Å². The molecule has 0 saturated heterocycles. The summed E-state index contributed by atoms with van der Waals surface area (Å²) in [5.41, 5.74) is 12.1. The Hall–Kier alpha value is -5.32. The first-order valence-electron chi connectivity index (χ1n) is 16.2. The summed E-state index contributed by atoms with van der Waals surface area (Å²) in [6.07, 6.45) is 0.213. The largest absolute Gasteiger partial charge is 0.380 e. The highest BCUT2D eigenvalue weighted by molar-refractivity contribution is 5.95. The van der Waals surface area contributed by atoms with E-state index in [9.17, 15) is 33.6 Å². The molecule has 0 aromatic heterocycles. The molecule has 0 bridgehead atoms. The fraction of sp³-hybridized carbons (Fsp3) is 0.515. The molecule has 1 aromatic rings. The highest BCUT2D eigenvalue weighted by atomic mass is 16.2. The Morgan fingerprint density at radius 1 is 0.740 bits per heavy atom. The number of guanidine groups is 1. The van der Waals surface area contributed by atoms with E-state index in [1.54, 1.807) is 44.3 Å². The predicted octanol–water partition coefficient (Wildman–Crippen LogP) is -2.36. The first-order valence-corrected chi connectivity index (χ1v) is 16.2. The van der Waals surface area contributed by atoms with E-state index in [1.807, 2.05) is 0 Å². The zero-order valence-electron chi connectivity index (χ0n) is 29.2. The second-order valence-corrected chi connectivity index (χ2v) is 11.7. The number of Topliss-reactive ketones (excluding diaryl/α,β-unsaturated/α-hetero) is 2. The van der Waals surface area contributed by atoms with Crippen LogP contribution in [0.15, 0.2) is 47.6 Å². The molecular formula is C33H52N10O7. The Labute approximate surface area is 292 Å². The van der Waals surface area contributed by atoms with Gasteiger partial charge in [-0.05, 0) is 52.6 Å². The Kier molecular flexibility index (Phi) is 19.7. The second kappa shape index (κ2) is 23.1. The maximum absolute atomic E-state index is 13.7. The van der Waals surface area contributed by atoms with E-state index < -0.39 is 53.7 Å². The summed E-state index contributed by atoms with van der Waals surface area (Å²) < 4.78 is 0. The summed E-state index contributed by atoms with van der Waals surface area (Å²) in [5, 5.41) is 18.6. The minimum Gasteiger partial charge on any atom is -0.380 e. The van der Waals surface area contributed by atoms with E-state index in [1.165, 1.54) is 13.8 Å². The zero-order chi connectivity index (χ0) is 37.6. The summed E-state index contributed by atoms with van der Waals surface area (Å²) >= 11 is 0. The van der Waals surface area contributed by atoms with Crippen LogP contribution in [0.4, 0.5) is 0 Å². The molecule has 0 unspecified atom stereocenters. The lowest BCUT2D eigenvalue weighted by Crippen LogP contribution is -2.58.